The summed E-state index contributed by atoms with van der Waals surface area (Å²) in [6.07, 6.45) is 1.77. The summed E-state index contributed by atoms with van der Waals surface area (Å²) in [7, 11) is 1.88. The first-order valence-electron chi connectivity index (χ1n) is 8.47. The number of nitrogens with zero attached hydrogens (tertiary/aromatic N) is 3. The van der Waals surface area contributed by atoms with Crippen molar-refractivity contribution in [2.24, 2.45) is 7.05 Å². The number of para-hydroxylation sites is 1. The van der Waals surface area contributed by atoms with Crippen molar-refractivity contribution in [1.82, 2.24) is 19.7 Å². The molecule has 0 saturated carbocycles. The van der Waals surface area contributed by atoms with Gasteiger partial charge in [-0.1, -0.05) is 53.7 Å². The van der Waals surface area contributed by atoms with Crippen molar-refractivity contribution in [1.29, 1.82) is 0 Å². The van der Waals surface area contributed by atoms with Gasteiger partial charge in [0.15, 0.2) is 16.8 Å². The molecule has 27 heavy (non-hydrogen) atoms. The quantitative estimate of drug-likeness (QED) is 0.381. The van der Waals surface area contributed by atoms with Gasteiger partial charge in [-0.15, -0.1) is 10.2 Å². The summed E-state index contributed by atoms with van der Waals surface area (Å²) in [6.45, 7) is 1.89. The second kappa shape index (κ2) is 7.21. The molecule has 2 aromatic carbocycles. The molecular formula is C20H17ClN4OS. The third-order valence-corrected chi connectivity index (χ3v) is 5.92. The summed E-state index contributed by atoms with van der Waals surface area (Å²) < 4.78 is 1.87. The van der Waals surface area contributed by atoms with Crippen LogP contribution < -0.4 is 0 Å². The minimum atomic E-state index is -0.300. The number of Topliss-reactive ketones (excluding diaryl/α,β-unsaturated/α-hetero) is 1. The fraction of sp³-hybridized carbons (Fsp3) is 0.150. The molecule has 0 fully saturated rings. The first-order chi connectivity index (χ1) is 13.1. The van der Waals surface area contributed by atoms with Crippen LogP contribution in [0.25, 0.3) is 22.3 Å². The van der Waals surface area contributed by atoms with Gasteiger partial charge in [0.1, 0.15) is 0 Å². The van der Waals surface area contributed by atoms with Crippen molar-refractivity contribution in [2.45, 2.75) is 17.3 Å². The molecule has 4 rings (SSSR count). The summed E-state index contributed by atoms with van der Waals surface area (Å²) in [5, 5.41) is 10.4. The number of fused-ring (bicyclic) bond motifs is 1. The van der Waals surface area contributed by atoms with E-state index in [9.17, 15) is 4.79 Å². The van der Waals surface area contributed by atoms with Gasteiger partial charge in [0.2, 0.25) is 0 Å². The Morgan fingerprint density at radius 2 is 1.89 bits per heavy atom. The highest BCUT2D eigenvalue weighted by Gasteiger charge is 2.23. The first-order valence-corrected chi connectivity index (χ1v) is 9.73. The normalized spacial score (nSPS) is 12.4. The maximum Gasteiger partial charge on any atom is 0.191 e. The van der Waals surface area contributed by atoms with Crippen LogP contribution in [0.3, 0.4) is 0 Å². The van der Waals surface area contributed by atoms with E-state index in [0.717, 1.165) is 16.5 Å². The minimum Gasteiger partial charge on any atom is -0.360 e. The van der Waals surface area contributed by atoms with Crippen LogP contribution in [0.5, 0.6) is 0 Å². The van der Waals surface area contributed by atoms with E-state index in [1.807, 2.05) is 67.1 Å². The average Bonchev–Trinajstić information content (AvgIpc) is 3.26. The Morgan fingerprint density at radius 1 is 1.15 bits per heavy atom. The van der Waals surface area contributed by atoms with Gasteiger partial charge in [0.05, 0.1) is 10.3 Å². The average molecular weight is 397 g/mol. The van der Waals surface area contributed by atoms with E-state index < -0.39 is 0 Å². The van der Waals surface area contributed by atoms with Crippen LogP contribution in [-0.2, 0) is 7.05 Å². The molecule has 5 nitrogen and oxygen atoms in total. The molecule has 1 atom stereocenters. The highest BCUT2D eigenvalue weighted by Crippen LogP contribution is 2.31. The number of halogens is 1. The fourth-order valence-corrected chi connectivity index (χ4v) is 4.10. The largest absolute Gasteiger partial charge is 0.360 e. The second-order valence-electron chi connectivity index (χ2n) is 6.22. The Hall–Kier alpha value is -2.57. The summed E-state index contributed by atoms with van der Waals surface area (Å²) in [5.74, 6) is 0.731. The van der Waals surface area contributed by atoms with Gasteiger partial charge < -0.3 is 9.55 Å². The van der Waals surface area contributed by atoms with Crippen LogP contribution in [0.15, 0.2) is 59.9 Å². The standard InChI is InChI=1S/C20H17ClN4OS/c1-12(18(26)15-11-22-17-10-6-4-7-13(15)17)27-20-24-23-19(25(20)2)14-8-3-5-9-16(14)21/h3-12,22H,1-2H3. The summed E-state index contributed by atoms with van der Waals surface area (Å²) in [5.41, 5.74) is 2.47. The van der Waals surface area contributed by atoms with Gasteiger partial charge in [-0.05, 0) is 25.1 Å². The summed E-state index contributed by atoms with van der Waals surface area (Å²) >= 11 is 7.66. The Balaban J connectivity index is 1.59. The predicted octanol–water partition coefficient (Wildman–Crippen LogP) is 4.98. The van der Waals surface area contributed by atoms with E-state index in [1.165, 1.54) is 11.8 Å². The van der Waals surface area contributed by atoms with Crippen LogP contribution in [0, 0.1) is 0 Å². The molecule has 0 bridgehead atoms. The minimum absolute atomic E-state index is 0.0553. The molecule has 0 aliphatic rings. The first kappa shape index (κ1) is 17.8. The molecule has 0 aliphatic carbocycles. The second-order valence-corrected chi connectivity index (χ2v) is 7.93. The van der Waals surface area contributed by atoms with Crippen molar-refractivity contribution in [3.8, 4) is 11.4 Å². The van der Waals surface area contributed by atoms with Crippen LogP contribution in [0.2, 0.25) is 5.02 Å². The third-order valence-electron chi connectivity index (χ3n) is 4.46. The highest BCUT2D eigenvalue weighted by atomic mass is 35.5. The number of hydrogen-bond donors (Lipinski definition) is 1. The number of aromatic nitrogens is 4. The Bertz CT molecular complexity index is 1130. The molecule has 0 saturated heterocycles. The van der Waals surface area contributed by atoms with Crippen LogP contribution >= 0.6 is 23.4 Å². The van der Waals surface area contributed by atoms with Gasteiger partial charge in [-0.2, -0.15) is 0 Å². The zero-order valence-corrected chi connectivity index (χ0v) is 16.4. The molecule has 2 aromatic heterocycles. The number of H-pyrrole nitrogens is 1. The smallest absolute Gasteiger partial charge is 0.191 e. The van der Waals surface area contributed by atoms with Crippen molar-refractivity contribution in [2.75, 3.05) is 0 Å². The summed E-state index contributed by atoms with van der Waals surface area (Å²) in [6, 6.07) is 15.3. The lowest BCUT2D eigenvalue weighted by atomic mass is 10.1. The zero-order chi connectivity index (χ0) is 19.0. The number of nitrogens with one attached hydrogen (secondary N) is 1. The van der Waals surface area contributed by atoms with E-state index in [0.29, 0.717) is 21.6 Å². The van der Waals surface area contributed by atoms with Crippen LogP contribution in [0.1, 0.15) is 17.3 Å². The van der Waals surface area contributed by atoms with Crippen molar-refractivity contribution in [3.05, 3.63) is 65.3 Å². The number of hydrogen-bond acceptors (Lipinski definition) is 4. The van der Waals surface area contributed by atoms with Gasteiger partial charge in [-0.3, -0.25) is 4.79 Å². The molecule has 0 spiro atoms. The molecule has 7 heteroatoms. The van der Waals surface area contributed by atoms with E-state index in [4.69, 9.17) is 11.6 Å². The van der Waals surface area contributed by atoms with Crippen molar-refractivity contribution in [3.63, 3.8) is 0 Å². The molecule has 2 heterocycles. The Labute approximate surface area is 165 Å². The maximum atomic E-state index is 12.9. The lowest BCUT2D eigenvalue weighted by Gasteiger charge is -2.10. The number of carbonyl (C=O) groups excluding carboxylic acids is 1. The molecule has 0 radical (unpaired) electrons. The van der Waals surface area contributed by atoms with E-state index in [1.54, 1.807) is 6.20 Å². The lowest BCUT2D eigenvalue weighted by molar-refractivity contribution is 0.0995. The van der Waals surface area contributed by atoms with E-state index in [2.05, 4.69) is 15.2 Å². The Morgan fingerprint density at radius 3 is 2.70 bits per heavy atom. The number of carbonyl (C=O) groups is 1. The van der Waals surface area contributed by atoms with Crippen molar-refractivity contribution >= 4 is 40.0 Å². The number of rotatable bonds is 5. The molecular weight excluding hydrogens is 380 g/mol. The zero-order valence-electron chi connectivity index (χ0n) is 14.8. The van der Waals surface area contributed by atoms with Gasteiger partial charge in [0.25, 0.3) is 0 Å². The van der Waals surface area contributed by atoms with Crippen LogP contribution in [0.4, 0.5) is 0 Å². The van der Waals surface area contributed by atoms with Crippen molar-refractivity contribution < 1.29 is 4.79 Å². The highest BCUT2D eigenvalue weighted by molar-refractivity contribution is 8.00. The fourth-order valence-electron chi connectivity index (χ4n) is 3.00. The number of aromatic amines is 1. The predicted molar refractivity (Wildman–Crippen MR) is 109 cm³/mol. The number of thioether (sulfide) groups is 1. The SMILES string of the molecule is CC(Sc1nnc(-c2ccccc2Cl)n1C)C(=O)c1c[nH]c2ccccc12. The van der Waals surface area contributed by atoms with Gasteiger partial charge >= 0.3 is 0 Å². The van der Waals surface area contributed by atoms with E-state index in [-0.39, 0.29) is 11.0 Å². The molecule has 1 unspecified atom stereocenters. The van der Waals surface area contributed by atoms with E-state index >= 15 is 0 Å². The molecule has 1 N–H and O–H groups in total. The molecule has 0 aliphatic heterocycles. The topological polar surface area (TPSA) is 63.6 Å². The number of ketones is 1. The van der Waals surface area contributed by atoms with Gasteiger partial charge in [-0.25, -0.2) is 0 Å². The summed E-state index contributed by atoms with van der Waals surface area (Å²) in [4.78, 5) is 16.1. The number of benzene rings is 2. The monoisotopic (exact) mass is 396 g/mol. The maximum absolute atomic E-state index is 12.9. The van der Waals surface area contributed by atoms with Gasteiger partial charge in [0, 0.05) is 35.3 Å². The third kappa shape index (κ3) is 3.26. The molecule has 136 valence electrons. The lowest BCUT2D eigenvalue weighted by Crippen LogP contribution is -2.14. The molecule has 0 amide bonds. The Kier molecular flexibility index (Phi) is 4.76. The van der Waals surface area contributed by atoms with Crippen LogP contribution in [-0.4, -0.2) is 30.8 Å². The molecule has 4 aromatic rings.